The van der Waals surface area contributed by atoms with Crippen LogP contribution in [0.4, 0.5) is 4.79 Å². The van der Waals surface area contributed by atoms with Gasteiger partial charge in [-0.1, -0.05) is 23.7 Å². The van der Waals surface area contributed by atoms with Crippen molar-refractivity contribution in [1.29, 1.82) is 0 Å². The Bertz CT molecular complexity index is 594. The number of carbonyl (C=O) groups is 3. The van der Waals surface area contributed by atoms with Crippen LogP contribution in [-0.2, 0) is 19.1 Å². The molecule has 0 spiro atoms. The minimum absolute atomic E-state index is 0.180. The fraction of sp³-hybridized carbons (Fsp3) is 0.438. The highest BCUT2D eigenvalue weighted by molar-refractivity contribution is 6.30. The number of ether oxygens (including phenoxy) is 2. The lowest BCUT2D eigenvalue weighted by Crippen LogP contribution is -2.39. The summed E-state index contributed by atoms with van der Waals surface area (Å²) in [6.45, 7) is 2.13. The molecule has 3 amide bonds. The highest BCUT2D eigenvalue weighted by atomic mass is 35.5. The van der Waals surface area contributed by atoms with E-state index in [0.717, 1.165) is 0 Å². The van der Waals surface area contributed by atoms with Crippen molar-refractivity contribution in [3.05, 3.63) is 34.9 Å². The molecule has 1 rings (SSSR count). The van der Waals surface area contributed by atoms with E-state index in [4.69, 9.17) is 26.8 Å². The Hall–Kier alpha value is -2.32. The van der Waals surface area contributed by atoms with Gasteiger partial charge >= 0.3 is 12.0 Å². The van der Waals surface area contributed by atoms with Crippen molar-refractivity contribution in [2.24, 2.45) is 5.73 Å². The van der Waals surface area contributed by atoms with E-state index in [1.165, 1.54) is 14.0 Å². The normalized spacial score (nSPS) is 12.8. The van der Waals surface area contributed by atoms with E-state index in [2.05, 4.69) is 10.6 Å². The van der Waals surface area contributed by atoms with Crippen LogP contribution in [0.3, 0.4) is 0 Å². The SMILES string of the molecule is COCCNC(=O)[C@H](C)OC(=O)C[C@H](NC(N)=O)c1ccc(Cl)cc1. The van der Waals surface area contributed by atoms with Gasteiger partial charge in [-0.15, -0.1) is 0 Å². The maximum absolute atomic E-state index is 12.1. The molecule has 0 fully saturated rings. The van der Waals surface area contributed by atoms with E-state index in [0.29, 0.717) is 23.7 Å². The van der Waals surface area contributed by atoms with Crippen LogP contribution in [0, 0.1) is 0 Å². The molecule has 0 heterocycles. The van der Waals surface area contributed by atoms with Crippen molar-refractivity contribution >= 4 is 29.5 Å². The molecule has 0 aliphatic heterocycles. The van der Waals surface area contributed by atoms with Crippen LogP contribution in [0.15, 0.2) is 24.3 Å². The molecule has 8 nitrogen and oxygen atoms in total. The smallest absolute Gasteiger partial charge is 0.312 e. The molecule has 0 unspecified atom stereocenters. The van der Waals surface area contributed by atoms with Crippen LogP contribution >= 0.6 is 11.6 Å². The average Bonchev–Trinajstić information content (AvgIpc) is 2.54. The molecule has 25 heavy (non-hydrogen) atoms. The lowest BCUT2D eigenvalue weighted by atomic mass is 10.0. The number of nitrogens with one attached hydrogen (secondary N) is 2. The zero-order valence-corrected chi connectivity index (χ0v) is 14.8. The number of carbonyl (C=O) groups excluding carboxylic acids is 3. The Morgan fingerprint density at radius 2 is 1.88 bits per heavy atom. The van der Waals surface area contributed by atoms with Crippen LogP contribution in [0.1, 0.15) is 24.9 Å². The first-order valence-electron chi connectivity index (χ1n) is 7.61. The zero-order chi connectivity index (χ0) is 18.8. The number of methoxy groups -OCH3 is 1. The number of nitrogens with two attached hydrogens (primary N) is 1. The molecular formula is C16H22ClN3O5. The first-order chi connectivity index (χ1) is 11.8. The topological polar surface area (TPSA) is 120 Å². The molecular weight excluding hydrogens is 350 g/mol. The van der Waals surface area contributed by atoms with Gasteiger partial charge in [0.25, 0.3) is 5.91 Å². The zero-order valence-electron chi connectivity index (χ0n) is 14.1. The van der Waals surface area contributed by atoms with Gasteiger partial charge in [-0.2, -0.15) is 0 Å². The van der Waals surface area contributed by atoms with Crippen LogP contribution < -0.4 is 16.4 Å². The van der Waals surface area contributed by atoms with Gasteiger partial charge in [0.2, 0.25) is 0 Å². The molecule has 0 aliphatic carbocycles. The number of urea groups is 1. The quantitative estimate of drug-likeness (QED) is 0.444. The number of halogens is 1. The number of esters is 1. The Balaban J connectivity index is 2.64. The summed E-state index contributed by atoms with van der Waals surface area (Å²) >= 11 is 5.83. The lowest BCUT2D eigenvalue weighted by molar-refractivity contribution is -0.155. The summed E-state index contributed by atoms with van der Waals surface area (Å²) in [5, 5.41) is 5.55. The summed E-state index contributed by atoms with van der Waals surface area (Å²) in [6, 6.07) is 5.12. The monoisotopic (exact) mass is 371 g/mol. The molecule has 138 valence electrons. The van der Waals surface area contributed by atoms with E-state index >= 15 is 0 Å². The van der Waals surface area contributed by atoms with Crippen LogP contribution in [-0.4, -0.2) is 44.3 Å². The summed E-state index contributed by atoms with van der Waals surface area (Å²) in [6.07, 6.45) is -1.15. The summed E-state index contributed by atoms with van der Waals surface area (Å²) in [4.78, 5) is 35.0. The van der Waals surface area contributed by atoms with E-state index in [1.807, 2.05) is 0 Å². The fourth-order valence-electron chi connectivity index (χ4n) is 2.00. The van der Waals surface area contributed by atoms with Crippen molar-refractivity contribution in [3.63, 3.8) is 0 Å². The largest absolute Gasteiger partial charge is 0.452 e. The van der Waals surface area contributed by atoms with E-state index in [1.54, 1.807) is 24.3 Å². The summed E-state index contributed by atoms with van der Waals surface area (Å²) in [7, 11) is 1.51. The lowest BCUT2D eigenvalue weighted by Gasteiger charge is -2.19. The van der Waals surface area contributed by atoms with Crippen molar-refractivity contribution in [1.82, 2.24) is 10.6 Å². The van der Waals surface area contributed by atoms with Gasteiger partial charge in [-0.25, -0.2) is 4.79 Å². The number of hydrogen-bond acceptors (Lipinski definition) is 5. The fourth-order valence-corrected chi connectivity index (χ4v) is 2.13. The van der Waals surface area contributed by atoms with Gasteiger partial charge < -0.3 is 25.8 Å². The number of rotatable bonds is 9. The van der Waals surface area contributed by atoms with Gasteiger partial charge in [0.05, 0.1) is 19.1 Å². The van der Waals surface area contributed by atoms with E-state index in [-0.39, 0.29) is 6.42 Å². The third kappa shape index (κ3) is 7.86. The number of amides is 3. The number of benzene rings is 1. The summed E-state index contributed by atoms with van der Waals surface area (Å²) in [5.41, 5.74) is 5.79. The first-order valence-corrected chi connectivity index (χ1v) is 7.98. The predicted octanol–water partition coefficient (Wildman–Crippen LogP) is 1.13. The molecule has 0 aliphatic rings. The highest BCUT2D eigenvalue weighted by Gasteiger charge is 2.22. The number of primary amides is 1. The molecule has 4 N–H and O–H groups in total. The van der Waals surface area contributed by atoms with Crippen LogP contribution in [0.5, 0.6) is 0 Å². The van der Waals surface area contributed by atoms with Crippen LogP contribution in [0.25, 0.3) is 0 Å². The third-order valence-electron chi connectivity index (χ3n) is 3.24. The average molecular weight is 372 g/mol. The van der Waals surface area contributed by atoms with Crippen molar-refractivity contribution in [3.8, 4) is 0 Å². The summed E-state index contributed by atoms with van der Waals surface area (Å²) in [5.74, 6) is -1.08. The molecule has 2 atom stereocenters. The maximum Gasteiger partial charge on any atom is 0.312 e. The van der Waals surface area contributed by atoms with Gasteiger partial charge in [0, 0.05) is 18.7 Å². The summed E-state index contributed by atoms with van der Waals surface area (Å²) < 4.78 is 9.91. The molecule has 9 heteroatoms. The minimum Gasteiger partial charge on any atom is -0.452 e. The highest BCUT2D eigenvalue weighted by Crippen LogP contribution is 2.20. The van der Waals surface area contributed by atoms with Gasteiger partial charge in [0.1, 0.15) is 0 Å². The predicted molar refractivity (Wildman–Crippen MR) is 92.0 cm³/mol. The second-order valence-electron chi connectivity index (χ2n) is 5.23. The van der Waals surface area contributed by atoms with Crippen molar-refractivity contribution in [2.45, 2.75) is 25.5 Å². The van der Waals surface area contributed by atoms with Gasteiger partial charge in [-0.05, 0) is 24.6 Å². The first kappa shape index (κ1) is 20.7. The maximum atomic E-state index is 12.1. The molecule has 1 aromatic rings. The van der Waals surface area contributed by atoms with Crippen molar-refractivity contribution in [2.75, 3.05) is 20.3 Å². The molecule has 0 saturated heterocycles. The van der Waals surface area contributed by atoms with Gasteiger partial charge in [0.15, 0.2) is 6.10 Å². The molecule has 0 saturated carbocycles. The second kappa shape index (κ2) is 10.5. The minimum atomic E-state index is -0.969. The second-order valence-corrected chi connectivity index (χ2v) is 5.67. The molecule has 1 aromatic carbocycles. The Labute approximate surface area is 151 Å². The molecule has 0 radical (unpaired) electrons. The van der Waals surface area contributed by atoms with E-state index < -0.39 is 30.1 Å². The Kier molecular flexibility index (Phi) is 8.73. The Morgan fingerprint density at radius 1 is 1.24 bits per heavy atom. The van der Waals surface area contributed by atoms with Crippen molar-refractivity contribution < 1.29 is 23.9 Å². The molecule has 0 bridgehead atoms. The third-order valence-corrected chi connectivity index (χ3v) is 3.49. The standard InChI is InChI=1S/C16H22ClN3O5/c1-10(15(22)19-7-8-24-2)25-14(21)9-13(20-16(18)23)11-3-5-12(17)6-4-11/h3-6,10,13H,7-9H2,1-2H3,(H,19,22)(H3,18,20,23)/t10-,13-/m0/s1. The number of hydrogen-bond donors (Lipinski definition) is 3. The molecule has 0 aromatic heterocycles. The van der Waals surface area contributed by atoms with Gasteiger partial charge in [-0.3, -0.25) is 9.59 Å². The van der Waals surface area contributed by atoms with Crippen LogP contribution in [0.2, 0.25) is 5.02 Å². The Morgan fingerprint density at radius 3 is 2.44 bits per heavy atom. The van der Waals surface area contributed by atoms with E-state index in [9.17, 15) is 14.4 Å².